The summed E-state index contributed by atoms with van der Waals surface area (Å²) in [4.78, 5) is 14.7. The summed E-state index contributed by atoms with van der Waals surface area (Å²) in [6, 6.07) is 9.92. The average molecular weight is 346 g/mol. The standard InChI is InChI=1S/C20H30N2O3/c1-20(2,24)18-9-6-11-22(18)19(23)21-17(13-15-10-12-25-14-15)16-7-4-3-5-8-16/h3-5,7-8,15,17-18,24H,6,9-14H2,1-2H3,(H,21,23)/t15-,17+,18+/m1/s1. The summed E-state index contributed by atoms with van der Waals surface area (Å²) < 4.78 is 5.50. The molecule has 0 bridgehead atoms. The molecule has 2 fully saturated rings. The number of hydrogen-bond acceptors (Lipinski definition) is 3. The van der Waals surface area contributed by atoms with Gasteiger partial charge in [0, 0.05) is 19.8 Å². The highest BCUT2D eigenvalue weighted by molar-refractivity contribution is 5.75. The Balaban J connectivity index is 1.71. The van der Waals surface area contributed by atoms with Crippen molar-refractivity contribution in [2.45, 2.75) is 57.2 Å². The molecule has 2 aliphatic heterocycles. The number of benzene rings is 1. The van der Waals surface area contributed by atoms with Crippen LogP contribution in [0.25, 0.3) is 0 Å². The number of hydrogen-bond donors (Lipinski definition) is 2. The molecule has 5 nitrogen and oxygen atoms in total. The Morgan fingerprint density at radius 3 is 2.76 bits per heavy atom. The van der Waals surface area contributed by atoms with E-state index in [1.807, 2.05) is 18.2 Å². The largest absolute Gasteiger partial charge is 0.388 e. The molecule has 0 unspecified atom stereocenters. The van der Waals surface area contributed by atoms with Gasteiger partial charge in [-0.2, -0.15) is 0 Å². The lowest BCUT2D eigenvalue weighted by Crippen LogP contribution is -2.52. The molecule has 0 spiro atoms. The van der Waals surface area contributed by atoms with Gasteiger partial charge in [0.2, 0.25) is 0 Å². The number of nitrogens with one attached hydrogen (secondary N) is 1. The van der Waals surface area contributed by atoms with Crippen LogP contribution in [0.2, 0.25) is 0 Å². The van der Waals surface area contributed by atoms with Gasteiger partial charge in [-0.15, -0.1) is 0 Å². The van der Waals surface area contributed by atoms with Crippen LogP contribution in [0, 0.1) is 5.92 Å². The molecule has 138 valence electrons. The molecule has 1 aromatic rings. The van der Waals surface area contributed by atoms with Gasteiger partial charge in [-0.05, 0) is 51.0 Å². The van der Waals surface area contributed by atoms with Crippen LogP contribution in [-0.2, 0) is 4.74 Å². The minimum absolute atomic E-state index is 0.0246. The number of ether oxygens (including phenoxy) is 1. The van der Waals surface area contributed by atoms with Gasteiger partial charge in [-0.25, -0.2) is 4.79 Å². The summed E-state index contributed by atoms with van der Waals surface area (Å²) in [5, 5.41) is 13.6. The number of urea groups is 1. The van der Waals surface area contributed by atoms with E-state index in [4.69, 9.17) is 4.74 Å². The topological polar surface area (TPSA) is 61.8 Å². The highest BCUT2D eigenvalue weighted by atomic mass is 16.5. The van der Waals surface area contributed by atoms with E-state index >= 15 is 0 Å². The van der Waals surface area contributed by atoms with Gasteiger partial charge in [-0.1, -0.05) is 30.3 Å². The third-order valence-corrected chi connectivity index (χ3v) is 5.42. The lowest BCUT2D eigenvalue weighted by atomic mass is 9.94. The van der Waals surface area contributed by atoms with Crippen LogP contribution in [0.15, 0.2) is 30.3 Å². The molecule has 2 N–H and O–H groups in total. The van der Waals surface area contributed by atoms with Crippen LogP contribution in [0.3, 0.4) is 0 Å². The molecular formula is C20H30N2O3. The third kappa shape index (κ3) is 4.53. The SMILES string of the molecule is CC(C)(O)[C@@H]1CCCN1C(=O)N[C@@H](C[C@H]1CCOC1)c1ccccc1. The predicted octanol–water partition coefficient (Wildman–Crippen LogP) is 3.10. The van der Waals surface area contributed by atoms with Gasteiger partial charge < -0.3 is 20.1 Å². The van der Waals surface area contributed by atoms with Crippen LogP contribution in [0.4, 0.5) is 4.79 Å². The van der Waals surface area contributed by atoms with Crippen LogP contribution >= 0.6 is 0 Å². The first-order valence-electron chi connectivity index (χ1n) is 9.37. The molecule has 0 saturated carbocycles. The highest BCUT2D eigenvalue weighted by Crippen LogP contribution is 2.30. The first-order valence-corrected chi connectivity index (χ1v) is 9.37. The first kappa shape index (κ1) is 18.2. The van der Waals surface area contributed by atoms with Crippen molar-refractivity contribution in [1.29, 1.82) is 0 Å². The Labute approximate surface area is 150 Å². The molecule has 25 heavy (non-hydrogen) atoms. The molecular weight excluding hydrogens is 316 g/mol. The van der Waals surface area contributed by atoms with Crippen molar-refractivity contribution in [3.05, 3.63) is 35.9 Å². The van der Waals surface area contributed by atoms with E-state index in [1.165, 1.54) is 0 Å². The fourth-order valence-electron chi connectivity index (χ4n) is 4.04. The van der Waals surface area contributed by atoms with Crippen molar-refractivity contribution in [3.63, 3.8) is 0 Å². The second kappa shape index (κ2) is 7.75. The Hall–Kier alpha value is -1.59. The number of rotatable bonds is 5. The molecule has 0 aromatic heterocycles. The van der Waals surface area contributed by atoms with Gasteiger partial charge in [0.15, 0.2) is 0 Å². The van der Waals surface area contributed by atoms with E-state index in [2.05, 4.69) is 17.4 Å². The Morgan fingerprint density at radius 1 is 1.36 bits per heavy atom. The normalized spacial score (nSPS) is 25.2. The number of carbonyl (C=O) groups excluding carboxylic acids is 1. The lowest BCUT2D eigenvalue weighted by molar-refractivity contribution is 0.00933. The summed E-state index contributed by atoms with van der Waals surface area (Å²) in [5.41, 5.74) is 0.247. The molecule has 0 radical (unpaired) electrons. The molecule has 2 aliphatic rings. The van der Waals surface area contributed by atoms with Crippen LogP contribution in [0.1, 0.15) is 51.1 Å². The monoisotopic (exact) mass is 346 g/mol. The van der Waals surface area contributed by atoms with E-state index in [1.54, 1.807) is 18.7 Å². The summed E-state index contributed by atoms with van der Waals surface area (Å²) in [7, 11) is 0. The summed E-state index contributed by atoms with van der Waals surface area (Å²) in [6.07, 6.45) is 3.73. The van der Waals surface area contributed by atoms with E-state index in [0.29, 0.717) is 12.5 Å². The van der Waals surface area contributed by atoms with E-state index < -0.39 is 5.60 Å². The zero-order chi connectivity index (χ0) is 17.9. The fraction of sp³-hybridized carbons (Fsp3) is 0.650. The molecule has 3 rings (SSSR count). The third-order valence-electron chi connectivity index (χ3n) is 5.42. The van der Waals surface area contributed by atoms with Gasteiger partial charge in [0.1, 0.15) is 0 Å². The highest BCUT2D eigenvalue weighted by Gasteiger charge is 2.39. The molecule has 5 heteroatoms. The first-order chi connectivity index (χ1) is 11.9. The number of aliphatic hydroxyl groups is 1. The quantitative estimate of drug-likeness (QED) is 0.861. The second-order valence-electron chi connectivity index (χ2n) is 7.88. The maximum atomic E-state index is 12.9. The van der Waals surface area contributed by atoms with Gasteiger partial charge in [0.05, 0.1) is 17.7 Å². The van der Waals surface area contributed by atoms with Gasteiger partial charge in [-0.3, -0.25) is 0 Å². The van der Waals surface area contributed by atoms with Crippen LogP contribution in [0.5, 0.6) is 0 Å². The zero-order valence-electron chi connectivity index (χ0n) is 15.3. The van der Waals surface area contributed by atoms with E-state index in [0.717, 1.165) is 44.5 Å². The molecule has 1 aromatic carbocycles. The molecule has 0 aliphatic carbocycles. The smallest absolute Gasteiger partial charge is 0.318 e. The average Bonchev–Trinajstić information content (AvgIpc) is 3.26. The maximum Gasteiger partial charge on any atom is 0.318 e. The Bertz CT molecular complexity index is 564. The van der Waals surface area contributed by atoms with Crippen molar-refractivity contribution in [3.8, 4) is 0 Å². The maximum absolute atomic E-state index is 12.9. The molecule has 2 amide bonds. The van der Waals surface area contributed by atoms with E-state index in [9.17, 15) is 9.90 Å². The number of likely N-dealkylation sites (tertiary alicyclic amines) is 1. The van der Waals surface area contributed by atoms with Crippen molar-refractivity contribution in [2.75, 3.05) is 19.8 Å². The van der Waals surface area contributed by atoms with Crippen molar-refractivity contribution < 1.29 is 14.6 Å². The van der Waals surface area contributed by atoms with Gasteiger partial charge in [0.25, 0.3) is 0 Å². The Kier molecular flexibility index (Phi) is 5.64. The van der Waals surface area contributed by atoms with Gasteiger partial charge >= 0.3 is 6.03 Å². The second-order valence-corrected chi connectivity index (χ2v) is 7.88. The van der Waals surface area contributed by atoms with Crippen molar-refractivity contribution in [2.24, 2.45) is 5.92 Å². The summed E-state index contributed by atoms with van der Waals surface area (Å²) >= 11 is 0. The number of amides is 2. The zero-order valence-corrected chi connectivity index (χ0v) is 15.3. The Morgan fingerprint density at radius 2 is 2.12 bits per heavy atom. The summed E-state index contributed by atoms with van der Waals surface area (Å²) in [6.45, 7) is 5.86. The van der Waals surface area contributed by atoms with Crippen LogP contribution in [-0.4, -0.2) is 47.4 Å². The van der Waals surface area contributed by atoms with E-state index in [-0.39, 0.29) is 18.1 Å². The molecule has 3 atom stereocenters. The minimum Gasteiger partial charge on any atom is -0.388 e. The molecule has 2 heterocycles. The minimum atomic E-state index is -0.880. The lowest BCUT2D eigenvalue weighted by Gasteiger charge is -2.35. The number of carbonyl (C=O) groups is 1. The van der Waals surface area contributed by atoms with Crippen molar-refractivity contribution >= 4 is 6.03 Å². The number of nitrogens with zero attached hydrogens (tertiary/aromatic N) is 1. The van der Waals surface area contributed by atoms with Crippen molar-refractivity contribution in [1.82, 2.24) is 10.2 Å². The van der Waals surface area contributed by atoms with Crippen LogP contribution < -0.4 is 5.32 Å². The predicted molar refractivity (Wildman–Crippen MR) is 97.3 cm³/mol. The summed E-state index contributed by atoms with van der Waals surface area (Å²) in [5.74, 6) is 0.481. The molecule has 2 saturated heterocycles. The fourth-order valence-corrected chi connectivity index (χ4v) is 4.04.